The normalized spacial score (nSPS) is 51.4. The van der Waals surface area contributed by atoms with Gasteiger partial charge in [0.2, 0.25) is 0 Å². The molecule has 24 heavy (non-hydrogen) atoms. The molecule has 0 aromatic heterocycles. The summed E-state index contributed by atoms with van der Waals surface area (Å²) >= 11 is 0. The summed E-state index contributed by atoms with van der Waals surface area (Å²) in [6.07, 6.45) is 5.34. The topological polar surface area (TPSA) is 84.1 Å². The van der Waals surface area contributed by atoms with Crippen LogP contribution in [0.25, 0.3) is 0 Å². The van der Waals surface area contributed by atoms with E-state index in [0.717, 1.165) is 18.4 Å². The number of carbonyl (C=O) groups is 1. The summed E-state index contributed by atoms with van der Waals surface area (Å²) in [4.78, 5) is 12.7. The minimum Gasteiger partial charge on any atom is -0.549 e. The van der Waals surface area contributed by atoms with Crippen LogP contribution in [0.2, 0.25) is 0 Å². The molecule has 7 atom stereocenters. The van der Waals surface area contributed by atoms with E-state index in [2.05, 4.69) is 19.1 Å². The van der Waals surface area contributed by atoms with Crippen molar-refractivity contribution < 1.29 is 15.0 Å². The molecule has 0 amide bonds. The summed E-state index contributed by atoms with van der Waals surface area (Å²) in [5.74, 6) is -0.155. The van der Waals surface area contributed by atoms with Gasteiger partial charge >= 0.3 is 0 Å². The molecular formula is C20H26NO3-. The molecule has 1 N–H and O–H groups in total. The highest BCUT2D eigenvalue weighted by atomic mass is 16.4. The molecule has 0 aromatic rings. The second-order valence-electron chi connectivity index (χ2n) is 9.05. The lowest BCUT2D eigenvalue weighted by Crippen LogP contribution is -2.65. The second kappa shape index (κ2) is 4.64. The Morgan fingerprint density at radius 1 is 1.46 bits per heavy atom. The molecular weight excluding hydrogens is 302 g/mol. The van der Waals surface area contributed by atoms with Crippen LogP contribution in [0.4, 0.5) is 0 Å². The summed E-state index contributed by atoms with van der Waals surface area (Å²) in [6.45, 7) is 6.05. The zero-order valence-corrected chi connectivity index (χ0v) is 14.7. The summed E-state index contributed by atoms with van der Waals surface area (Å²) in [7, 11) is 0. The number of rotatable bonds is 3. The molecule has 0 aliphatic heterocycles. The Labute approximate surface area is 143 Å². The molecule has 0 spiro atoms. The summed E-state index contributed by atoms with van der Waals surface area (Å²) < 4.78 is 0. The third-order valence-corrected chi connectivity index (χ3v) is 8.30. The summed E-state index contributed by atoms with van der Waals surface area (Å²) in [6, 6.07) is 2.53. The van der Waals surface area contributed by atoms with Gasteiger partial charge in [0.15, 0.2) is 0 Å². The average molecular weight is 328 g/mol. The number of nitriles is 1. The molecule has 0 heterocycles. The first-order chi connectivity index (χ1) is 11.3. The van der Waals surface area contributed by atoms with E-state index in [4.69, 9.17) is 0 Å². The van der Waals surface area contributed by atoms with Gasteiger partial charge in [0.05, 0.1) is 29.5 Å². The van der Waals surface area contributed by atoms with E-state index >= 15 is 0 Å². The number of aliphatic carboxylic acids is 1. The molecule has 4 aliphatic rings. The number of allylic oxidation sites excluding steroid dienone is 1. The smallest absolute Gasteiger partial charge is 0.0762 e. The number of aliphatic hydroxyl groups excluding tert-OH is 1. The number of nitrogens with zero attached hydrogens (tertiary/aromatic N) is 1. The molecule has 0 radical (unpaired) electrons. The molecule has 0 aromatic carbocycles. The molecule has 3 saturated carbocycles. The number of hydrogen-bond acceptors (Lipinski definition) is 4. The van der Waals surface area contributed by atoms with E-state index in [0.29, 0.717) is 24.7 Å². The minimum atomic E-state index is -1.31. The van der Waals surface area contributed by atoms with Crippen molar-refractivity contribution in [1.29, 1.82) is 5.26 Å². The Kier molecular flexibility index (Phi) is 3.12. The molecule has 7 unspecified atom stereocenters. The van der Waals surface area contributed by atoms with Gasteiger partial charge in [-0.15, -0.1) is 0 Å². The van der Waals surface area contributed by atoms with E-state index in [9.17, 15) is 20.3 Å². The van der Waals surface area contributed by atoms with Gasteiger partial charge in [-0.3, -0.25) is 0 Å². The fraction of sp³-hybridized carbons (Fsp3) is 0.800. The highest BCUT2D eigenvalue weighted by Gasteiger charge is 2.82. The van der Waals surface area contributed by atoms with Crippen LogP contribution in [-0.4, -0.2) is 17.7 Å². The molecule has 4 bridgehead atoms. The van der Waals surface area contributed by atoms with Crippen LogP contribution in [0, 0.1) is 57.2 Å². The number of fused-ring (bicyclic) bond motifs is 2. The van der Waals surface area contributed by atoms with Crippen LogP contribution in [0.5, 0.6) is 0 Å². The van der Waals surface area contributed by atoms with Crippen LogP contribution in [0.3, 0.4) is 0 Å². The molecule has 4 nitrogen and oxygen atoms in total. The van der Waals surface area contributed by atoms with E-state index in [-0.39, 0.29) is 24.4 Å². The maximum absolute atomic E-state index is 12.7. The van der Waals surface area contributed by atoms with Crippen molar-refractivity contribution in [3.05, 3.63) is 11.6 Å². The van der Waals surface area contributed by atoms with Gasteiger partial charge in [-0.25, -0.2) is 0 Å². The van der Waals surface area contributed by atoms with E-state index < -0.39 is 22.2 Å². The Bertz CT molecular complexity index is 677. The van der Waals surface area contributed by atoms with Crippen molar-refractivity contribution in [2.24, 2.45) is 45.8 Å². The largest absolute Gasteiger partial charge is 0.549 e. The zero-order valence-electron chi connectivity index (χ0n) is 14.7. The number of carboxylic acid groups (broad SMARTS) is 1. The number of carboxylic acids is 1. The van der Waals surface area contributed by atoms with E-state index in [1.54, 1.807) is 0 Å². The molecule has 4 heteroatoms. The van der Waals surface area contributed by atoms with Gasteiger partial charge in [-0.05, 0) is 48.9 Å². The van der Waals surface area contributed by atoms with Crippen molar-refractivity contribution in [2.45, 2.75) is 46.5 Å². The van der Waals surface area contributed by atoms with Crippen LogP contribution in [-0.2, 0) is 4.79 Å². The van der Waals surface area contributed by atoms with Gasteiger partial charge in [0, 0.05) is 5.41 Å². The SMILES string of the molecule is CC(C)C1=CC2CC3(C#N)C4CCC(C)C4CC2(CO)C13C(=O)[O-]. The Balaban J connectivity index is 2.04. The van der Waals surface area contributed by atoms with Crippen LogP contribution in [0.1, 0.15) is 46.5 Å². The van der Waals surface area contributed by atoms with Gasteiger partial charge < -0.3 is 15.0 Å². The van der Waals surface area contributed by atoms with Gasteiger partial charge in [0.25, 0.3) is 0 Å². The number of hydrogen-bond donors (Lipinski definition) is 1. The fourth-order valence-corrected chi connectivity index (χ4v) is 7.54. The van der Waals surface area contributed by atoms with Crippen molar-refractivity contribution in [3.63, 3.8) is 0 Å². The fourth-order valence-electron chi connectivity index (χ4n) is 7.54. The second-order valence-corrected chi connectivity index (χ2v) is 9.05. The molecule has 0 saturated heterocycles. The number of aliphatic hydroxyl groups is 1. The first-order valence-electron chi connectivity index (χ1n) is 9.28. The van der Waals surface area contributed by atoms with E-state index in [1.807, 2.05) is 13.8 Å². The predicted molar refractivity (Wildman–Crippen MR) is 86.0 cm³/mol. The zero-order chi connectivity index (χ0) is 17.5. The minimum absolute atomic E-state index is 0.0183. The molecule has 130 valence electrons. The Morgan fingerprint density at radius 3 is 2.71 bits per heavy atom. The van der Waals surface area contributed by atoms with Crippen molar-refractivity contribution >= 4 is 5.97 Å². The van der Waals surface area contributed by atoms with Gasteiger partial charge in [-0.1, -0.05) is 38.8 Å². The van der Waals surface area contributed by atoms with Crippen molar-refractivity contribution in [3.8, 4) is 6.07 Å². The van der Waals surface area contributed by atoms with Crippen molar-refractivity contribution in [2.75, 3.05) is 6.61 Å². The highest BCUT2D eigenvalue weighted by Crippen LogP contribution is 2.82. The first-order valence-corrected chi connectivity index (χ1v) is 9.28. The third kappa shape index (κ3) is 1.32. The van der Waals surface area contributed by atoms with Gasteiger partial charge in [0.1, 0.15) is 0 Å². The summed E-state index contributed by atoms with van der Waals surface area (Å²) in [5.41, 5.74) is -2.14. The van der Waals surface area contributed by atoms with Crippen LogP contribution < -0.4 is 5.11 Å². The maximum atomic E-state index is 12.7. The lowest BCUT2D eigenvalue weighted by atomic mass is 9.43. The predicted octanol–water partition coefficient (Wildman–Crippen LogP) is 1.89. The molecule has 4 rings (SSSR count). The number of carbonyl (C=O) groups excluding carboxylic acids is 1. The average Bonchev–Trinajstić information content (AvgIpc) is 3.11. The lowest BCUT2D eigenvalue weighted by molar-refractivity contribution is -0.332. The van der Waals surface area contributed by atoms with Crippen molar-refractivity contribution in [1.82, 2.24) is 0 Å². The quantitative estimate of drug-likeness (QED) is 0.802. The summed E-state index contributed by atoms with van der Waals surface area (Å²) in [5, 5.41) is 33.4. The van der Waals surface area contributed by atoms with Crippen LogP contribution >= 0.6 is 0 Å². The monoisotopic (exact) mass is 328 g/mol. The third-order valence-electron chi connectivity index (χ3n) is 8.30. The van der Waals surface area contributed by atoms with Gasteiger partial charge in [-0.2, -0.15) is 5.26 Å². The molecule has 4 aliphatic carbocycles. The Hall–Kier alpha value is -1.34. The highest BCUT2D eigenvalue weighted by molar-refractivity contribution is 5.84. The molecule has 3 fully saturated rings. The Morgan fingerprint density at radius 2 is 2.17 bits per heavy atom. The standard InChI is InChI=1S/C20H27NO3/c1-11(2)16-6-13-7-18(9-21)15-5-4-12(3)14(15)8-19(13,10-22)20(16,18)17(23)24/h6,11-15,22H,4-5,7-8,10H2,1-3H3,(H,23,24)/p-1. The lowest BCUT2D eigenvalue weighted by Gasteiger charge is -2.60. The van der Waals surface area contributed by atoms with Crippen LogP contribution in [0.15, 0.2) is 11.6 Å². The maximum Gasteiger partial charge on any atom is 0.0762 e. The first kappa shape index (κ1) is 16.1. The van der Waals surface area contributed by atoms with E-state index in [1.165, 1.54) is 0 Å².